The summed E-state index contributed by atoms with van der Waals surface area (Å²) in [5, 5.41) is 0. The summed E-state index contributed by atoms with van der Waals surface area (Å²) in [6.45, 7) is 0. The van der Waals surface area contributed by atoms with Crippen LogP contribution in [-0.2, 0) is 0 Å². The van der Waals surface area contributed by atoms with E-state index in [1.807, 2.05) is 36.4 Å². The second-order valence-electron chi connectivity index (χ2n) is 8.78. The van der Waals surface area contributed by atoms with Crippen LogP contribution < -0.4 is 18.9 Å². The van der Waals surface area contributed by atoms with E-state index in [0.717, 1.165) is 45.3 Å². The zero-order chi connectivity index (χ0) is 24.8. The van der Waals surface area contributed by atoms with Gasteiger partial charge in [0.15, 0.2) is 0 Å². The van der Waals surface area contributed by atoms with E-state index in [-0.39, 0.29) is 0 Å². The van der Waals surface area contributed by atoms with Gasteiger partial charge in [0.2, 0.25) is 0 Å². The number of benzene rings is 4. The monoisotopic (exact) mass is 474 g/mol. The van der Waals surface area contributed by atoms with Gasteiger partial charge in [-0.1, -0.05) is 36.4 Å². The topological polar surface area (TPSA) is 36.9 Å². The maximum Gasteiger partial charge on any atom is 0.119 e. The Labute approximate surface area is 211 Å². The number of fused-ring (bicyclic) bond motifs is 5. The van der Waals surface area contributed by atoms with Crippen molar-refractivity contribution in [3.63, 3.8) is 0 Å². The first-order valence-corrected chi connectivity index (χ1v) is 11.8. The molecular formula is C32H26O4. The second kappa shape index (κ2) is 8.65. The predicted molar refractivity (Wildman–Crippen MR) is 144 cm³/mol. The molecule has 0 aliphatic heterocycles. The lowest BCUT2D eigenvalue weighted by Crippen LogP contribution is -1.95. The molecule has 0 fully saturated rings. The lowest BCUT2D eigenvalue weighted by atomic mass is 9.92. The molecule has 0 heterocycles. The maximum atomic E-state index is 5.63. The third kappa shape index (κ3) is 3.29. The molecule has 6 rings (SSSR count). The fraction of sp³-hybridized carbons (Fsp3) is 0.125. The highest BCUT2D eigenvalue weighted by Crippen LogP contribution is 2.59. The highest BCUT2D eigenvalue weighted by atomic mass is 16.5. The Hall–Kier alpha value is -4.44. The Morgan fingerprint density at radius 1 is 0.333 bits per heavy atom. The minimum Gasteiger partial charge on any atom is -0.497 e. The largest absolute Gasteiger partial charge is 0.497 e. The van der Waals surface area contributed by atoms with Gasteiger partial charge in [0.1, 0.15) is 23.0 Å². The summed E-state index contributed by atoms with van der Waals surface area (Å²) in [5.74, 6) is 3.34. The number of hydrogen-bond donors (Lipinski definition) is 0. The van der Waals surface area contributed by atoms with Crippen molar-refractivity contribution in [3.05, 3.63) is 118 Å². The molecule has 4 nitrogen and oxygen atoms in total. The summed E-state index contributed by atoms with van der Waals surface area (Å²) in [5.41, 5.74) is 11.8. The van der Waals surface area contributed by atoms with E-state index in [9.17, 15) is 0 Å². The Morgan fingerprint density at radius 3 is 1.00 bits per heavy atom. The van der Waals surface area contributed by atoms with Crippen molar-refractivity contribution in [3.8, 4) is 23.0 Å². The zero-order valence-corrected chi connectivity index (χ0v) is 20.7. The van der Waals surface area contributed by atoms with Crippen LogP contribution in [0.4, 0.5) is 0 Å². The summed E-state index contributed by atoms with van der Waals surface area (Å²) in [7, 11) is 6.80. The molecule has 0 atom stereocenters. The molecule has 0 aromatic heterocycles. The van der Waals surface area contributed by atoms with Gasteiger partial charge in [-0.15, -0.1) is 0 Å². The van der Waals surface area contributed by atoms with Crippen molar-refractivity contribution >= 4 is 22.3 Å². The van der Waals surface area contributed by atoms with Crippen LogP contribution >= 0.6 is 0 Å². The summed E-state index contributed by atoms with van der Waals surface area (Å²) < 4.78 is 22.1. The molecule has 4 aromatic carbocycles. The van der Waals surface area contributed by atoms with Crippen molar-refractivity contribution in [2.75, 3.05) is 28.4 Å². The normalized spacial score (nSPS) is 13.3. The average molecular weight is 475 g/mol. The van der Waals surface area contributed by atoms with Gasteiger partial charge in [0.05, 0.1) is 28.4 Å². The van der Waals surface area contributed by atoms with E-state index in [4.69, 9.17) is 18.9 Å². The molecule has 2 aliphatic rings. The van der Waals surface area contributed by atoms with Gasteiger partial charge in [-0.3, -0.25) is 0 Å². The second-order valence-corrected chi connectivity index (χ2v) is 8.78. The summed E-state index contributed by atoms with van der Waals surface area (Å²) in [4.78, 5) is 0. The summed E-state index contributed by atoms with van der Waals surface area (Å²) in [6, 6.07) is 29.3. The molecule has 0 amide bonds. The lowest BCUT2D eigenvalue weighted by molar-refractivity contribution is 0.414. The number of allylic oxidation sites excluding steroid dienone is 2. The van der Waals surface area contributed by atoms with Crippen molar-refractivity contribution in [1.29, 1.82) is 0 Å². The molecule has 0 saturated carbocycles. The number of rotatable bonds is 6. The maximum absolute atomic E-state index is 5.63. The smallest absolute Gasteiger partial charge is 0.119 e. The first-order valence-electron chi connectivity index (χ1n) is 11.8. The van der Waals surface area contributed by atoms with Gasteiger partial charge in [0.25, 0.3) is 0 Å². The summed E-state index contributed by atoms with van der Waals surface area (Å²) >= 11 is 0. The molecule has 0 saturated heterocycles. The molecule has 2 aliphatic carbocycles. The van der Waals surface area contributed by atoms with Gasteiger partial charge in [-0.2, -0.15) is 0 Å². The molecule has 36 heavy (non-hydrogen) atoms. The zero-order valence-electron chi connectivity index (χ0n) is 20.7. The Morgan fingerprint density at radius 2 is 0.667 bits per heavy atom. The van der Waals surface area contributed by atoms with Gasteiger partial charge in [-0.25, -0.2) is 0 Å². The quantitative estimate of drug-likeness (QED) is 0.303. The van der Waals surface area contributed by atoms with Crippen molar-refractivity contribution < 1.29 is 18.9 Å². The van der Waals surface area contributed by atoms with Gasteiger partial charge in [-0.05, 0) is 104 Å². The van der Waals surface area contributed by atoms with Gasteiger partial charge < -0.3 is 18.9 Å². The molecule has 0 unspecified atom stereocenters. The highest BCUT2D eigenvalue weighted by Gasteiger charge is 2.38. The highest BCUT2D eigenvalue weighted by molar-refractivity contribution is 6.35. The van der Waals surface area contributed by atoms with E-state index in [2.05, 4.69) is 48.5 Å². The standard InChI is InChI=1S/C32H26O4/c1-33-21-9-5-19(6-10-21)29-27-17-23(35-3)13-15-25(27)32-30(20-7-11-22(34-2)12-8-20)28-18-24(36-4)14-16-26(28)31(29)32/h5-18H,1-4H3. The molecular weight excluding hydrogens is 448 g/mol. The van der Waals surface area contributed by atoms with Crippen LogP contribution in [0.3, 0.4) is 0 Å². The molecule has 0 N–H and O–H groups in total. The van der Waals surface area contributed by atoms with Crippen LogP contribution in [0.15, 0.2) is 84.9 Å². The van der Waals surface area contributed by atoms with E-state index < -0.39 is 0 Å². The van der Waals surface area contributed by atoms with Crippen LogP contribution in [-0.4, -0.2) is 28.4 Å². The van der Waals surface area contributed by atoms with E-state index >= 15 is 0 Å². The van der Waals surface area contributed by atoms with Crippen LogP contribution in [0.5, 0.6) is 23.0 Å². The average Bonchev–Trinajstić information content (AvgIpc) is 3.44. The first-order chi connectivity index (χ1) is 17.7. The number of ether oxygens (including phenoxy) is 4. The molecule has 4 aromatic rings. The van der Waals surface area contributed by atoms with Crippen LogP contribution in [0.25, 0.3) is 22.3 Å². The van der Waals surface area contributed by atoms with Crippen LogP contribution in [0.2, 0.25) is 0 Å². The lowest BCUT2D eigenvalue weighted by Gasteiger charge is -2.14. The Kier molecular flexibility index (Phi) is 5.30. The molecule has 0 spiro atoms. The fourth-order valence-corrected chi connectivity index (χ4v) is 5.32. The molecule has 0 bridgehead atoms. The van der Waals surface area contributed by atoms with Gasteiger partial charge in [0, 0.05) is 0 Å². The van der Waals surface area contributed by atoms with Gasteiger partial charge >= 0.3 is 0 Å². The predicted octanol–water partition coefficient (Wildman–Crippen LogP) is 6.97. The van der Waals surface area contributed by atoms with Crippen molar-refractivity contribution in [2.24, 2.45) is 0 Å². The first kappa shape index (κ1) is 22.1. The van der Waals surface area contributed by atoms with Crippen LogP contribution in [0.1, 0.15) is 33.4 Å². The number of methoxy groups -OCH3 is 4. The van der Waals surface area contributed by atoms with Crippen LogP contribution in [0, 0.1) is 0 Å². The molecule has 0 radical (unpaired) electrons. The van der Waals surface area contributed by atoms with E-state index in [0.29, 0.717) is 0 Å². The third-order valence-electron chi connectivity index (χ3n) is 7.04. The van der Waals surface area contributed by atoms with Crippen molar-refractivity contribution in [2.45, 2.75) is 0 Å². The number of hydrogen-bond acceptors (Lipinski definition) is 4. The molecule has 4 heteroatoms. The minimum absolute atomic E-state index is 0.833. The van der Waals surface area contributed by atoms with E-state index in [1.165, 1.54) is 33.4 Å². The SMILES string of the molecule is COc1ccc(C2=C3C(=C(c4ccc(OC)cc4)c4cc(OC)ccc43)c3ccc(OC)cc32)cc1. The fourth-order valence-electron chi connectivity index (χ4n) is 5.32. The van der Waals surface area contributed by atoms with Crippen molar-refractivity contribution in [1.82, 2.24) is 0 Å². The summed E-state index contributed by atoms with van der Waals surface area (Å²) in [6.07, 6.45) is 0. The van der Waals surface area contributed by atoms with E-state index in [1.54, 1.807) is 28.4 Å². The molecule has 178 valence electrons. The Balaban J connectivity index is 1.71. The Bertz CT molecular complexity index is 1420. The minimum atomic E-state index is 0.833. The third-order valence-corrected chi connectivity index (χ3v) is 7.04.